The highest BCUT2D eigenvalue weighted by atomic mass is 16.6. The standard InChI is InChI=1S/C27H47N3O2.C9H12.C6H12O2/c1-7-10-11-15-26(25(6)31)30-21-20-29(22-24(30)5)27(32)16-13-19-28(17-8-2)18-12-14-23(4)9-3;1-3-9-7-5-4-6-8(9)2;1-5(7)8-6(2,3)4/h13,15-16,23H,5,7-12,14,17-22H2,1-4,6H3;4-7H,3H2,1-2H3;1-4H3/b16-13+,26-15-;;. The number of unbranched alkanes of at least 4 members (excludes halogenated alkanes) is 2. The van der Waals surface area contributed by atoms with Crippen LogP contribution in [0.3, 0.4) is 0 Å². The third-order valence-electron chi connectivity index (χ3n) is 8.33. The molecule has 0 spiro atoms. The Morgan fingerprint density at radius 1 is 1.00 bits per heavy atom. The molecule has 7 heteroatoms. The molecule has 0 aromatic heterocycles. The summed E-state index contributed by atoms with van der Waals surface area (Å²) in [5, 5.41) is 0. The van der Waals surface area contributed by atoms with E-state index < -0.39 is 0 Å². The molecule has 0 bridgehead atoms. The molecule has 49 heavy (non-hydrogen) atoms. The fourth-order valence-corrected chi connectivity index (χ4v) is 5.45. The summed E-state index contributed by atoms with van der Waals surface area (Å²) >= 11 is 0. The third kappa shape index (κ3) is 21.5. The Kier molecular flexibility index (Phi) is 24.1. The average molecular weight is 682 g/mol. The number of carbonyl (C=O) groups is 3. The maximum Gasteiger partial charge on any atom is 0.303 e. The van der Waals surface area contributed by atoms with Gasteiger partial charge in [-0.25, -0.2) is 0 Å². The number of benzene rings is 1. The Morgan fingerprint density at radius 2 is 1.67 bits per heavy atom. The number of esters is 1. The van der Waals surface area contributed by atoms with Crippen LogP contribution in [0.5, 0.6) is 0 Å². The zero-order valence-corrected chi connectivity index (χ0v) is 33.2. The van der Waals surface area contributed by atoms with E-state index in [0.29, 0.717) is 19.6 Å². The molecule has 0 N–H and O–H groups in total. The number of aryl methyl sites for hydroxylation is 2. The largest absolute Gasteiger partial charge is 0.460 e. The molecule has 0 saturated carbocycles. The number of hydrogen-bond donors (Lipinski definition) is 0. The molecular weight excluding hydrogens is 610 g/mol. The van der Waals surface area contributed by atoms with Crippen LogP contribution >= 0.6 is 0 Å². The average Bonchev–Trinajstić information content (AvgIpc) is 3.02. The van der Waals surface area contributed by atoms with E-state index in [9.17, 15) is 14.4 Å². The molecule has 1 atom stereocenters. The number of ether oxygens (including phenoxy) is 1. The van der Waals surface area contributed by atoms with Gasteiger partial charge in [-0.15, -0.1) is 0 Å². The normalized spacial score (nSPS) is 14.2. The van der Waals surface area contributed by atoms with Crippen LogP contribution in [0.15, 0.2) is 60.5 Å². The first-order valence-electron chi connectivity index (χ1n) is 18.7. The van der Waals surface area contributed by atoms with E-state index in [4.69, 9.17) is 4.74 Å². The van der Waals surface area contributed by atoms with Crippen LogP contribution in [0.4, 0.5) is 0 Å². The lowest BCUT2D eigenvalue weighted by Gasteiger charge is -2.38. The van der Waals surface area contributed by atoms with Gasteiger partial charge < -0.3 is 14.5 Å². The van der Waals surface area contributed by atoms with Crippen molar-refractivity contribution < 1.29 is 19.1 Å². The second kappa shape index (κ2) is 25.7. The highest BCUT2D eigenvalue weighted by Crippen LogP contribution is 2.20. The van der Waals surface area contributed by atoms with Crippen molar-refractivity contribution in [2.24, 2.45) is 5.92 Å². The number of rotatable bonds is 16. The quantitative estimate of drug-likeness (QED) is 0.0984. The molecule has 1 aliphatic rings. The lowest BCUT2D eigenvalue weighted by molar-refractivity contribution is -0.151. The van der Waals surface area contributed by atoms with Crippen molar-refractivity contribution in [3.63, 3.8) is 0 Å². The first kappa shape index (κ1) is 45.8. The summed E-state index contributed by atoms with van der Waals surface area (Å²) in [5.74, 6) is 0.650. The van der Waals surface area contributed by atoms with Crippen LogP contribution in [0.25, 0.3) is 0 Å². The first-order chi connectivity index (χ1) is 23.1. The molecule has 1 fully saturated rings. The third-order valence-corrected chi connectivity index (χ3v) is 8.33. The number of hydrogen-bond acceptors (Lipinski definition) is 6. The van der Waals surface area contributed by atoms with E-state index in [1.54, 1.807) is 13.0 Å². The minimum Gasteiger partial charge on any atom is -0.460 e. The van der Waals surface area contributed by atoms with E-state index in [1.165, 1.54) is 37.3 Å². The smallest absolute Gasteiger partial charge is 0.303 e. The number of allylic oxidation sites excluding steroid dienone is 2. The molecule has 2 rings (SSSR count). The number of carbonyl (C=O) groups excluding carboxylic acids is 3. The molecule has 1 aromatic rings. The van der Waals surface area contributed by atoms with Gasteiger partial charge in [0.15, 0.2) is 5.78 Å². The number of piperazine rings is 1. The summed E-state index contributed by atoms with van der Waals surface area (Å²) in [5.41, 5.74) is 4.07. The zero-order chi connectivity index (χ0) is 37.4. The molecule has 1 aromatic carbocycles. The van der Waals surface area contributed by atoms with Crippen LogP contribution in [0.1, 0.15) is 125 Å². The van der Waals surface area contributed by atoms with Gasteiger partial charge in [0.25, 0.3) is 0 Å². The molecule has 0 radical (unpaired) electrons. The van der Waals surface area contributed by atoms with Crippen LogP contribution in [-0.4, -0.2) is 77.2 Å². The molecule has 1 heterocycles. The molecule has 1 unspecified atom stereocenters. The van der Waals surface area contributed by atoms with Crippen molar-refractivity contribution in [1.82, 2.24) is 14.7 Å². The summed E-state index contributed by atoms with van der Waals surface area (Å²) in [7, 11) is 0. The van der Waals surface area contributed by atoms with E-state index in [0.717, 1.165) is 69.1 Å². The molecule has 0 aliphatic carbocycles. The molecule has 1 saturated heterocycles. The summed E-state index contributed by atoms with van der Waals surface area (Å²) in [6.07, 6.45) is 14.8. The van der Waals surface area contributed by atoms with Crippen molar-refractivity contribution in [2.45, 2.75) is 133 Å². The summed E-state index contributed by atoms with van der Waals surface area (Å²) in [6.45, 7) is 30.6. The van der Waals surface area contributed by atoms with Crippen LogP contribution in [-0.2, 0) is 25.5 Å². The Balaban J connectivity index is 0.00000109. The van der Waals surface area contributed by atoms with E-state index in [2.05, 4.69) is 77.3 Å². The van der Waals surface area contributed by atoms with Crippen LogP contribution in [0.2, 0.25) is 0 Å². The number of nitrogens with zero attached hydrogens (tertiary/aromatic N) is 3. The summed E-state index contributed by atoms with van der Waals surface area (Å²) < 4.78 is 4.80. The number of ketones is 1. The summed E-state index contributed by atoms with van der Waals surface area (Å²) in [4.78, 5) is 41.4. The molecule has 278 valence electrons. The van der Waals surface area contributed by atoms with E-state index in [-0.39, 0.29) is 23.3 Å². The molecular formula is C42H71N3O4. The van der Waals surface area contributed by atoms with Gasteiger partial charge in [0.05, 0.1) is 12.2 Å². The molecule has 1 aliphatic heterocycles. The van der Waals surface area contributed by atoms with Gasteiger partial charge in [0.1, 0.15) is 5.60 Å². The minimum atomic E-state index is -0.328. The van der Waals surface area contributed by atoms with E-state index in [1.807, 2.05) is 42.7 Å². The van der Waals surface area contributed by atoms with Crippen molar-refractivity contribution in [3.8, 4) is 0 Å². The zero-order valence-electron chi connectivity index (χ0n) is 33.2. The maximum atomic E-state index is 12.7. The highest BCUT2D eigenvalue weighted by Gasteiger charge is 2.25. The van der Waals surface area contributed by atoms with Crippen LogP contribution < -0.4 is 0 Å². The Bertz CT molecular complexity index is 1180. The van der Waals surface area contributed by atoms with E-state index >= 15 is 0 Å². The second-order valence-corrected chi connectivity index (χ2v) is 14.1. The Labute approximate surface area is 300 Å². The summed E-state index contributed by atoms with van der Waals surface area (Å²) in [6, 6.07) is 8.49. The first-order valence-corrected chi connectivity index (χ1v) is 18.7. The molecule has 7 nitrogen and oxygen atoms in total. The topological polar surface area (TPSA) is 70.2 Å². The predicted octanol–water partition coefficient (Wildman–Crippen LogP) is 9.31. The number of amides is 1. The van der Waals surface area contributed by atoms with Crippen molar-refractivity contribution in [1.29, 1.82) is 0 Å². The number of Topliss-reactive ketones (excluding diaryl/α,β-unsaturated/α-hetero) is 1. The second-order valence-electron chi connectivity index (χ2n) is 14.1. The minimum absolute atomic E-state index is 0.0289. The predicted molar refractivity (Wildman–Crippen MR) is 207 cm³/mol. The monoisotopic (exact) mass is 682 g/mol. The highest BCUT2D eigenvalue weighted by molar-refractivity contribution is 5.93. The Morgan fingerprint density at radius 3 is 2.14 bits per heavy atom. The van der Waals surface area contributed by atoms with Gasteiger partial charge in [0, 0.05) is 45.3 Å². The van der Waals surface area contributed by atoms with Gasteiger partial charge in [0.2, 0.25) is 5.91 Å². The SMILES string of the molecule is C=C1CN(C(=O)/C=C/CN(CCC)CCCC(C)CC)CCN1/C(=C\CCCC)C(C)=O.CC(=O)OC(C)(C)C.CCc1ccccc1C. The fourth-order valence-electron chi connectivity index (χ4n) is 5.45. The van der Waals surface area contributed by atoms with Gasteiger partial charge in [-0.2, -0.15) is 0 Å². The lowest BCUT2D eigenvalue weighted by atomic mass is 10.0. The lowest BCUT2D eigenvalue weighted by Crippen LogP contribution is -2.46. The van der Waals surface area contributed by atoms with Gasteiger partial charge >= 0.3 is 5.97 Å². The fraction of sp³-hybridized carbons (Fsp3) is 0.643. The maximum absolute atomic E-state index is 12.7. The van der Waals surface area contributed by atoms with Crippen molar-refractivity contribution in [2.75, 3.05) is 39.3 Å². The van der Waals surface area contributed by atoms with Crippen molar-refractivity contribution in [3.05, 3.63) is 71.6 Å². The molecule has 1 amide bonds. The Hall–Kier alpha value is -3.19. The van der Waals surface area contributed by atoms with Crippen LogP contribution in [0, 0.1) is 12.8 Å². The van der Waals surface area contributed by atoms with Gasteiger partial charge in [-0.3, -0.25) is 19.3 Å². The van der Waals surface area contributed by atoms with Crippen molar-refractivity contribution >= 4 is 17.7 Å². The van der Waals surface area contributed by atoms with Gasteiger partial charge in [-0.1, -0.05) is 90.5 Å². The van der Waals surface area contributed by atoms with Gasteiger partial charge in [-0.05, 0) is 96.4 Å².